The van der Waals surface area contributed by atoms with Crippen LogP contribution in [0.3, 0.4) is 0 Å². The second-order valence-corrected chi connectivity index (χ2v) is 4.93. The van der Waals surface area contributed by atoms with Crippen molar-refractivity contribution in [2.45, 2.75) is 24.1 Å². The van der Waals surface area contributed by atoms with Gasteiger partial charge in [0.1, 0.15) is 0 Å². The Kier molecular flexibility index (Phi) is 3.53. The first-order valence-corrected chi connectivity index (χ1v) is 5.95. The van der Waals surface area contributed by atoms with E-state index in [-0.39, 0.29) is 0 Å². The van der Waals surface area contributed by atoms with Crippen LogP contribution in [0.5, 0.6) is 0 Å². The zero-order valence-corrected chi connectivity index (χ0v) is 10.1. The van der Waals surface area contributed by atoms with E-state index in [1.165, 1.54) is 0 Å². The van der Waals surface area contributed by atoms with E-state index in [1.807, 2.05) is 0 Å². The number of aromatic nitrogens is 2. The highest BCUT2D eigenvalue weighted by Crippen LogP contribution is 2.33. The summed E-state index contributed by atoms with van der Waals surface area (Å²) in [6.07, 6.45) is 2.76. The van der Waals surface area contributed by atoms with Gasteiger partial charge in [-0.2, -0.15) is 13.8 Å². The van der Waals surface area contributed by atoms with Gasteiger partial charge in [-0.25, -0.2) is 0 Å². The highest BCUT2D eigenvalue weighted by molar-refractivity contribution is 9.09. The number of nitrogens with zero attached hydrogens (tertiary/aromatic N) is 2. The first-order valence-electron chi connectivity index (χ1n) is 5.16. The molecule has 90 valence electrons. The van der Waals surface area contributed by atoms with E-state index in [2.05, 4.69) is 35.9 Å². The smallest absolute Gasteiger partial charge is 0.332 e. The molecule has 1 aliphatic rings. The SMILES string of the molecule is FC(F)(Br)c1nc(CC2CCCNC2)no1. The monoisotopic (exact) mass is 295 g/mol. The van der Waals surface area contributed by atoms with Crippen LogP contribution >= 0.6 is 15.9 Å². The quantitative estimate of drug-likeness (QED) is 0.867. The second-order valence-electron chi connectivity index (χ2n) is 3.93. The van der Waals surface area contributed by atoms with Gasteiger partial charge in [0.25, 0.3) is 0 Å². The van der Waals surface area contributed by atoms with Gasteiger partial charge in [-0.05, 0) is 31.8 Å². The van der Waals surface area contributed by atoms with E-state index in [4.69, 9.17) is 0 Å². The highest BCUT2D eigenvalue weighted by atomic mass is 79.9. The van der Waals surface area contributed by atoms with Crippen LogP contribution in [0.2, 0.25) is 0 Å². The van der Waals surface area contributed by atoms with Crippen molar-refractivity contribution in [1.29, 1.82) is 0 Å². The molecule has 7 heteroatoms. The van der Waals surface area contributed by atoms with Gasteiger partial charge in [-0.15, -0.1) is 0 Å². The topological polar surface area (TPSA) is 51.0 Å². The number of rotatable bonds is 3. The van der Waals surface area contributed by atoms with Crippen molar-refractivity contribution in [1.82, 2.24) is 15.5 Å². The zero-order chi connectivity index (χ0) is 11.6. The van der Waals surface area contributed by atoms with Crippen LogP contribution in [0.15, 0.2) is 4.52 Å². The fourth-order valence-corrected chi connectivity index (χ4v) is 1.97. The van der Waals surface area contributed by atoms with E-state index in [0.29, 0.717) is 18.2 Å². The lowest BCUT2D eigenvalue weighted by atomic mass is 9.96. The minimum atomic E-state index is -3.23. The van der Waals surface area contributed by atoms with Crippen molar-refractivity contribution in [3.63, 3.8) is 0 Å². The number of piperidine rings is 1. The molecule has 1 fully saturated rings. The molecule has 1 aromatic heterocycles. The molecule has 1 saturated heterocycles. The molecule has 1 aromatic rings. The molecule has 1 atom stereocenters. The van der Waals surface area contributed by atoms with Gasteiger partial charge in [0.2, 0.25) is 0 Å². The number of halogens is 3. The Morgan fingerprint density at radius 2 is 2.38 bits per heavy atom. The molecule has 1 N–H and O–H groups in total. The Bertz CT molecular complexity index is 347. The Hall–Kier alpha value is -0.560. The maximum atomic E-state index is 12.8. The summed E-state index contributed by atoms with van der Waals surface area (Å²) in [6.45, 7) is 1.90. The standard InChI is InChI=1S/C9H12BrF2N3O/c10-9(11,12)8-14-7(15-16-8)4-6-2-1-3-13-5-6/h6,13H,1-5H2. The molecule has 1 unspecified atom stereocenters. The molecule has 16 heavy (non-hydrogen) atoms. The zero-order valence-electron chi connectivity index (χ0n) is 8.55. The first kappa shape index (κ1) is 11.9. The summed E-state index contributed by atoms with van der Waals surface area (Å²) in [5.74, 6) is 0.0808. The van der Waals surface area contributed by atoms with Gasteiger partial charge in [0, 0.05) is 22.4 Å². The van der Waals surface area contributed by atoms with Crippen LogP contribution in [0.1, 0.15) is 24.6 Å². The molecule has 0 saturated carbocycles. The van der Waals surface area contributed by atoms with E-state index in [0.717, 1.165) is 25.9 Å². The Labute approximate surface area is 99.9 Å². The van der Waals surface area contributed by atoms with Gasteiger partial charge in [-0.1, -0.05) is 5.16 Å². The Balaban J connectivity index is 1.97. The normalized spacial score (nSPS) is 22.3. The maximum Gasteiger partial charge on any atom is 0.378 e. The average molecular weight is 296 g/mol. The third-order valence-electron chi connectivity index (χ3n) is 2.58. The van der Waals surface area contributed by atoms with Crippen LogP contribution in [-0.2, 0) is 11.3 Å². The van der Waals surface area contributed by atoms with Crippen LogP contribution in [0.4, 0.5) is 8.78 Å². The van der Waals surface area contributed by atoms with Crippen LogP contribution in [0, 0.1) is 5.92 Å². The molecule has 1 aliphatic heterocycles. The Morgan fingerprint density at radius 1 is 1.56 bits per heavy atom. The van der Waals surface area contributed by atoms with Crippen molar-refractivity contribution in [2.24, 2.45) is 5.92 Å². The highest BCUT2D eigenvalue weighted by Gasteiger charge is 2.35. The van der Waals surface area contributed by atoms with Crippen LogP contribution in [-0.4, -0.2) is 23.2 Å². The van der Waals surface area contributed by atoms with E-state index in [1.54, 1.807) is 0 Å². The van der Waals surface area contributed by atoms with Crippen molar-refractivity contribution >= 4 is 15.9 Å². The fourth-order valence-electron chi connectivity index (χ4n) is 1.81. The third kappa shape index (κ3) is 2.98. The molecule has 0 bridgehead atoms. The average Bonchev–Trinajstić information content (AvgIpc) is 2.67. The van der Waals surface area contributed by atoms with Gasteiger partial charge >= 0.3 is 10.7 Å². The predicted octanol–water partition coefficient (Wildman–Crippen LogP) is 2.06. The number of hydrogen-bond donors (Lipinski definition) is 1. The molecule has 0 amide bonds. The Morgan fingerprint density at radius 3 is 2.94 bits per heavy atom. The van der Waals surface area contributed by atoms with Crippen LogP contribution < -0.4 is 5.32 Å². The fraction of sp³-hybridized carbons (Fsp3) is 0.778. The lowest BCUT2D eigenvalue weighted by molar-refractivity contribution is 0.0725. The van der Waals surface area contributed by atoms with Crippen LogP contribution in [0.25, 0.3) is 0 Å². The molecular formula is C9H12BrF2N3O. The predicted molar refractivity (Wildman–Crippen MR) is 56.4 cm³/mol. The minimum Gasteiger partial charge on any atom is -0.332 e. The summed E-state index contributed by atoms with van der Waals surface area (Å²) in [4.78, 5) is 0.440. The molecule has 0 radical (unpaired) electrons. The summed E-state index contributed by atoms with van der Waals surface area (Å²) in [5.41, 5.74) is 0. The van der Waals surface area contributed by atoms with E-state index < -0.39 is 10.7 Å². The van der Waals surface area contributed by atoms with Gasteiger partial charge in [0.15, 0.2) is 5.82 Å². The van der Waals surface area contributed by atoms with Crippen molar-refractivity contribution < 1.29 is 13.3 Å². The summed E-state index contributed by atoms with van der Waals surface area (Å²) in [6, 6.07) is 0. The largest absolute Gasteiger partial charge is 0.378 e. The lowest BCUT2D eigenvalue weighted by Crippen LogP contribution is -2.31. The van der Waals surface area contributed by atoms with Gasteiger partial charge < -0.3 is 9.84 Å². The molecule has 0 aromatic carbocycles. The molecule has 0 aliphatic carbocycles. The lowest BCUT2D eigenvalue weighted by Gasteiger charge is -2.20. The van der Waals surface area contributed by atoms with E-state index in [9.17, 15) is 8.78 Å². The van der Waals surface area contributed by atoms with Crippen molar-refractivity contribution in [3.05, 3.63) is 11.7 Å². The number of alkyl halides is 3. The number of nitrogens with one attached hydrogen (secondary N) is 1. The molecular weight excluding hydrogens is 284 g/mol. The third-order valence-corrected chi connectivity index (χ3v) is 2.92. The summed E-state index contributed by atoms with van der Waals surface area (Å²) >= 11 is 2.18. The maximum absolute atomic E-state index is 12.8. The molecule has 2 rings (SSSR count). The van der Waals surface area contributed by atoms with Gasteiger partial charge in [-0.3, -0.25) is 0 Å². The summed E-state index contributed by atoms with van der Waals surface area (Å²) in [5, 5.41) is 6.80. The molecule has 2 heterocycles. The summed E-state index contributed by atoms with van der Waals surface area (Å²) < 4.78 is 30.0. The number of hydrogen-bond acceptors (Lipinski definition) is 4. The van der Waals surface area contributed by atoms with Gasteiger partial charge in [0.05, 0.1) is 0 Å². The molecule has 4 nitrogen and oxygen atoms in total. The summed E-state index contributed by atoms with van der Waals surface area (Å²) in [7, 11) is 0. The van der Waals surface area contributed by atoms with Crippen molar-refractivity contribution in [3.8, 4) is 0 Å². The first-order chi connectivity index (χ1) is 7.55. The second kappa shape index (κ2) is 4.75. The van der Waals surface area contributed by atoms with Crippen molar-refractivity contribution in [2.75, 3.05) is 13.1 Å². The molecule has 0 spiro atoms. The van der Waals surface area contributed by atoms with E-state index >= 15 is 0 Å². The minimum absolute atomic E-state index is 0.350.